The van der Waals surface area contributed by atoms with Crippen LogP contribution in [-0.2, 0) is 4.74 Å². The van der Waals surface area contributed by atoms with Crippen molar-refractivity contribution >= 4 is 17.3 Å². The lowest BCUT2D eigenvalue weighted by atomic mass is 10.0. The smallest absolute Gasteiger partial charge is 0.335 e. The number of hydrogen-bond donors (Lipinski definition) is 2. The number of hydrogen-bond acceptors (Lipinski definition) is 5. The van der Waals surface area contributed by atoms with Crippen LogP contribution in [0.5, 0.6) is 0 Å². The number of nitro groups is 1. The first-order valence-electron chi connectivity index (χ1n) is 5.79. The van der Waals surface area contributed by atoms with Gasteiger partial charge in [0, 0.05) is 12.7 Å². The topological polar surface area (TPSA) is 102 Å². The fourth-order valence-corrected chi connectivity index (χ4v) is 2.01. The molecule has 102 valence electrons. The highest BCUT2D eigenvalue weighted by molar-refractivity contribution is 5.89. The Bertz CT molecular complexity index is 523. The minimum absolute atomic E-state index is 0.106. The molecule has 1 atom stereocenters. The van der Waals surface area contributed by atoms with Crippen LogP contribution in [-0.4, -0.2) is 34.8 Å². The summed E-state index contributed by atoms with van der Waals surface area (Å²) < 4.78 is 5.27. The van der Waals surface area contributed by atoms with Gasteiger partial charge in [0.15, 0.2) is 0 Å². The molecule has 2 rings (SSSR count). The number of carboxylic acids is 1. The number of nitrogens with zero attached hydrogens (tertiary/aromatic N) is 1. The van der Waals surface area contributed by atoms with E-state index in [1.165, 1.54) is 12.1 Å². The summed E-state index contributed by atoms with van der Waals surface area (Å²) in [6.07, 6.45) is 0.741. The number of nitrogens with one attached hydrogen (secondary N) is 1. The van der Waals surface area contributed by atoms with E-state index in [1.807, 2.05) is 6.92 Å². The maximum Gasteiger partial charge on any atom is 0.335 e. The van der Waals surface area contributed by atoms with Crippen LogP contribution < -0.4 is 5.32 Å². The Morgan fingerprint density at radius 2 is 2.32 bits per heavy atom. The van der Waals surface area contributed by atoms with E-state index in [0.29, 0.717) is 18.9 Å². The van der Waals surface area contributed by atoms with Gasteiger partial charge >= 0.3 is 5.97 Å². The molecule has 1 heterocycles. The van der Waals surface area contributed by atoms with Crippen LogP contribution in [0.15, 0.2) is 18.2 Å². The zero-order valence-corrected chi connectivity index (χ0v) is 10.4. The average Bonchev–Trinajstić information content (AvgIpc) is 2.75. The zero-order chi connectivity index (χ0) is 14.0. The number of carboxylic acid groups (broad SMARTS) is 1. The fourth-order valence-electron chi connectivity index (χ4n) is 2.01. The summed E-state index contributed by atoms with van der Waals surface area (Å²) in [5.41, 5.74) is -0.406. The van der Waals surface area contributed by atoms with E-state index in [9.17, 15) is 14.9 Å². The van der Waals surface area contributed by atoms with Crippen molar-refractivity contribution in [2.24, 2.45) is 0 Å². The Hall–Kier alpha value is -2.15. The van der Waals surface area contributed by atoms with Crippen molar-refractivity contribution in [3.63, 3.8) is 0 Å². The minimum atomic E-state index is -1.19. The first-order valence-corrected chi connectivity index (χ1v) is 5.79. The number of rotatable bonds is 4. The Kier molecular flexibility index (Phi) is 3.39. The molecule has 0 spiro atoms. The zero-order valence-electron chi connectivity index (χ0n) is 10.4. The van der Waals surface area contributed by atoms with Gasteiger partial charge in [0.05, 0.1) is 22.6 Å². The maximum absolute atomic E-state index is 11.0. The van der Waals surface area contributed by atoms with Gasteiger partial charge in [-0.2, -0.15) is 0 Å². The van der Waals surface area contributed by atoms with Crippen LogP contribution in [0.4, 0.5) is 11.4 Å². The number of aromatic carboxylic acids is 1. The molecule has 1 aliphatic rings. The van der Waals surface area contributed by atoms with Crippen LogP contribution >= 0.6 is 0 Å². The Morgan fingerprint density at radius 1 is 1.58 bits per heavy atom. The molecule has 1 aromatic carbocycles. The molecule has 7 heteroatoms. The van der Waals surface area contributed by atoms with Gasteiger partial charge in [0.2, 0.25) is 0 Å². The van der Waals surface area contributed by atoms with E-state index in [1.54, 1.807) is 0 Å². The van der Waals surface area contributed by atoms with Gasteiger partial charge in [0.25, 0.3) is 5.69 Å². The Labute approximate surface area is 109 Å². The molecule has 19 heavy (non-hydrogen) atoms. The van der Waals surface area contributed by atoms with Crippen molar-refractivity contribution in [3.8, 4) is 0 Å². The molecular formula is C12H14N2O5. The van der Waals surface area contributed by atoms with Crippen LogP contribution in [0.1, 0.15) is 23.7 Å². The maximum atomic E-state index is 11.0. The van der Waals surface area contributed by atoms with Gasteiger partial charge < -0.3 is 15.2 Å². The first kappa shape index (κ1) is 13.3. The second-order valence-corrected chi connectivity index (χ2v) is 4.78. The van der Waals surface area contributed by atoms with E-state index in [0.717, 1.165) is 12.5 Å². The summed E-state index contributed by atoms with van der Waals surface area (Å²) in [6.45, 7) is 2.98. The highest BCUT2D eigenvalue weighted by Gasteiger charge is 2.31. The number of anilines is 1. The van der Waals surface area contributed by atoms with E-state index in [4.69, 9.17) is 9.84 Å². The highest BCUT2D eigenvalue weighted by Crippen LogP contribution is 2.31. The van der Waals surface area contributed by atoms with Crippen molar-refractivity contribution in [2.45, 2.75) is 18.9 Å². The second-order valence-electron chi connectivity index (χ2n) is 4.78. The predicted molar refractivity (Wildman–Crippen MR) is 67.5 cm³/mol. The monoisotopic (exact) mass is 266 g/mol. The van der Waals surface area contributed by atoms with Crippen LogP contribution in [0.2, 0.25) is 0 Å². The largest absolute Gasteiger partial charge is 0.478 e. The molecule has 1 aliphatic heterocycles. The van der Waals surface area contributed by atoms with Crippen molar-refractivity contribution in [2.75, 3.05) is 18.5 Å². The SMILES string of the molecule is CC1(Nc2ccc(C(=O)O)cc2[N+](=O)[O-])CCOC1. The summed E-state index contributed by atoms with van der Waals surface area (Å²) in [5.74, 6) is -1.19. The third kappa shape index (κ3) is 2.82. The predicted octanol–water partition coefficient (Wildman–Crippen LogP) is 1.88. The van der Waals surface area contributed by atoms with Gasteiger partial charge in [0.1, 0.15) is 5.69 Å². The molecule has 2 N–H and O–H groups in total. The van der Waals surface area contributed by atoms with Gasteiger partial charge in [-0.15, -0.1) is 0 Å². The number of nitro benzene ring substituents is 1. The summed E-state index contributed by atoms with van der Waals surface area (Å²) in [6, 6.07) is 3.83. The minimum Gasteiger partial charge on any atom is -0.478 e. The summed E-state index contributed by atoms with van der Waals surface area (Å²) in [7, 11) is 0. The number of ether oxygens (including phenoxy) is 1. The molecular weight excluding hydrogens is 252 g/mol. The summed E-state index contributed by atoms with van der Waals surface area (Å²) >= 11 is 0. The number of carbonyl (C=O) groups is 1. The lowest BCUT2D eigenvalue weighted by molar-refractivity contribution is -0.384. The van der Waals surface area contributed by atoms with E-state index < -0.39 is 10.9 Å². The second kappa shape index (κ2) is 4.85. The van der Waals surface area contributed by atoms with Gasteiger partial charge in [-0.25, -0.2) is 4.79 Å². The molecule has 0 aromatic heterocycles. The van der Waals surface area contributed by atoms with Gasteiger partial charge in [-0.1, -0.05) is 0 Å². The molecule has 0 saturated carbocycles. The third-order valence-electron chi connectivity index (χ3n) is 3.10. The van der Waals surface area contributed by atoms with Gasteiger partial charge in [-0.3, -0.25) is 10.1 Å². The number of benzene rings is 1. The van der Waals surface area contributed by atoms with Crippen LogP contribution in [0.25, 0.3) is 0 Å². The van der Waals surface area contributed by atoms with E-state index >= 15 is 0 Å². The first-order chi connectivity index (χ1) is 8.91. The van der Waals surface area contributed by atoms with Crippen molar-refractivity contribution in [3.05, 3.63) is 33.9 Å². The Morgan fingerprint density at radius 3 is 2.84 bits per heavy atom. The molecule has 0 aliphatic carbocycles. The van der Waals surface area contributed by atoms with Crippen molar-refractivity contribution in [1.82, 2.24) is 0 Å². The molecule has 1 aromatic rings. The van der Waals surface area contributed by atoms with Crippen molar-refractivity contribution in [1.29, 1.82) is 0 Å². The van der Waals surface area contributed by atoms with Crippen LogP contribution in [0.3, 0.4) is 0 Å². The normalized spacial score (nSPS) is 22.2. The Balaban J connectivity index is 2.34. The highest BCUT2D eigenvalue weighted by atomic mass is 16.6. The molecule has 7 nitrogen and oxygen atoms in total. The van der Waals surface area contributed by atoms with Gasteiger partial charge in [-0.05, 0) is 25.5 Å². The molecule has 0 radical (unpaired) electrons. The third-order valence-corrected chi connectivity index (χ3v) is 3.10. The fraction of sp³-hybridized carbons (Fsp3) is 0.417. The quantitative estimate of drug-likeness (QED) is 0.637. The molecule has 0 amide bonds. The van der Waals surface area contributed by atoms with Crippen molar-refractivity contribution < 1.29 is 19.6 Å². The molecule has 1 fully saturated rings. The van der Waals surface area contributed by atoms with E-state index in [-0.39, 0.29) is 16.8 Å². The lowest BCUT2D eigenvalue weighted by Crippen LogP contribution is -2.35. The standard InChI is InChI=1S/C12H14N2O5/c1-12(4-5-19-7-12)13-9-3-2-8(11(15)16)6-10(9)14(17)18/h2-3,6,13H,4-5,7H2,1H3,(H,15,16). The van der Waals surface area contributed by atoms with Crippen LogP contribution in [0, 0.1) is 10.1 Å². The summed E-state index contributed by atoms with van der Waals surface area (Å²) in [5, 5.41) is 22.9. The molecule has 1 saturated heterocycles. The summed E-state index contributed by atoms with van der Waals surface area (Å²) in [4.78, 5) is 21.3. The lowest BCUT2D eigenvalue weighted by Gasteiger charge is -2.24. The molecule has 1 unspecified atom stereocenters. The van der Waals surface area contributed by atoms with E-state index in [2.05, 4.69) is 5.32 Å². The average molecular weight is 266 g/mol. The molecule has 0 bridgehead atoms.